The molecule has 0 atom stereocenters. The van der Waals surface area contributed by atoms with E-state index in [9.17, 15) is 14.9 Å². The molecule has 1 amide bonds. The van der Waals surface area contributed by atoms with E-state index in [0.717, 1.165) is 25.7 Å². The van der Waals surface area contributed by atoms with Crippen LogP contribution >= 0.6 is 11.6 Å². The van der Waals surface area contributed by atoms with E-state index in [-0.39, 0.29) is 17.6 Å². The standard InChI is InChI=1S/C15H19ClN2O3/c1-11-6-7-12(10-14(11)18(20)21)15(19)17(9-8-16)13-4-2-3-5-13/h6-7,10,13H,2-5,8-9H2,1H3. The number of hydrogen-bond acceptors (Lipinski definition) is 3. The lowest BCUT2D eigenvalue weighted by atomic mass is 10.1. The van der Waals surface area contributed by atoms with Crippen LogP contribution in [0.4, 0.5) is 5.69 Å². The lowest BCUT2D eigenvalue weighted by Gasteiger charge is -2.28. The average Bonchev–Trinajstić information content (AvgIpc) is 2.98. The topological polar surface area (TPSA) is 63.5 Å². The van der Waals surface area contributed by atoms with Gasteiger partial charge in [0.05, 0.1) is 4.92 Å². The molecule has 1 fully saturated rings. The normalized spacial score (nSPS) is 15.1. The zero-order valence-corrected chi connectivity index (χ0v) is 12.8. The largest absolute Gasteiger partial charge is 0.334 e. The van der Waals surface area contributed by atoms with Crippen LogP contribution in [-0.2, 0) is 0 Å². The van der Waals surface area contributed by atoms with E-state index in [4.69, 9.17) is 11.6 Å². The summed E-state index contributed by atoms with van der Waals surface area (Å²) in [5.41, 5.74) is 0.906. The van der Waals surface area contributed by atoms with Crippen LogP contribution in [0.2, 0.25) is 0 Å². The summed E-state index contributed by atoms with van der Waals surface area (Å²) < 4.78 is 0. The highest BCUT2D eigenvalue weighted by atomic mass is 35.5. The molecule has 1 aliphatic rings. The highest BCUT2D eigenvalue weighted by Crippen LogP contribution is 2.26. The van der Waals surface area contributed by atoms with Gasteiger partial charge in [-0.1, -0.05) is 18.9 Å². The summed E-state index contributed by atoms with van der Waals surface area (Å²) in [4.78, 5) is 25.0. The van der Waals surface area contributed by atoms with Crippen molar-refractivity contribution >= 4 is 23.2 Å². The molecule has 6 heteroatoms. The zero-order chi connectivity index (χ0) is 15.4. The molecule has 1 aliphatic carbocycles. The molecule has 0 aliphatic heterocycles. The monoisotopic (exact) mass is 310 g/mol. The second-order valence-electron chi connectivity index (χ2n) is 5.38. The first-order valence-electron chi connectivity index (χ1n) is 7.16. The Morgan fingerprint density at radius 1 is 1.43 bits per heavy atom. The zero-order valence-electron chi connectivity index (χ0n) is 12.0. The molecule has 0 bridgehead atoms. The maximum atomic E-state index is 12.7. The Morgan fingerprint density at radius 3 is 2.67 bits per heavy atom. The van der Waals surface area contributed by atoms with Gasteiger partial charge < -0.3 is 4.90 Å². The molecule has 0 N–H and O–H groups in total. The fraction of sp³-hybridized carbons (Fsp3) is 0.533. The molecule has 1 saturated carbocycles. The summed E-state index contributed by atoms with van der Waals surface area (Å²) in [6, 6.07) is 4.85. The van der Waals surface area contributed by atoms with E-state index in [1.165, 1.54) is 6.07 Å². The van der Waals surface area contributed by atoms with E-state index < -0.39 is 4.92 Å². The van der Waals surface area contributed by atoms with E-state index in [0.29, 0.717) is 23.6 Å². The minimum atomic E-state index is -0.451. The predicted molar refractivity (Wildman–Crippen MR) is 81.8 cm³/mol. The van der Waals surface area contributed by atoms with Crippen LogP contribution in [0.5, 0.6) is 0 Å². The smallest absolute Gasteiger partial charge is 0.273 e. The fourth-order valence-electron chi connectivity index (χ4n) is 2.86. The molecule has 2 rings (SSSR count). The first kappa shape index (κ1) is 15.8. The van der Waals surface area contributed by atoms with Crippen molar-refractivity contribution in [3.8, 4) is 0 Å². The Hall–Kier alpha value is -1.62. The summed E-state index contributed by atoms with van der Waals surface area (Å²) in [6.45, 7) is 2.15. The SMILES string of the molecule is Cc1ccc(C(=O)N(CCCl)C2CCCC2)cc1[N+](=O)[O-]. The van der Waals surface area contributed by atoms with Gasteiger partial charge in [0.1, 0.15) is 0 Å². The second-order valence-corrected chi connectivity index (χ2v) is 5.76. The maximum Gasteiger partial charge on any atom is 0.273 e. The second kappa shape index (κ2) is 6.89. The molecule has 1 aromatic carbocycles. The molecular formula is C15H19ClN2O3. The number of aryl methyl sites for hydroxylation is 1. The van der Waals surface area contributed by atoms with Crippen molar-refractivity contribution in [2.75, 3.05) is 12.4 Å². The number of nitro benzene ring substituents is 1. The number of carbonyl (C=O) groups is 1. The summed E-state index contributed by atoms with van der Waals surface area (Å²) >= 11 is 5.81. The Kier molecular flexibility index (Phi) is 5.17. The molecule has 0 unspecified atom stereocenters. The number of hydrogen-bond donors (Lipinski definition) is 0. The highest BCUT2D eigenvalue weighted by molar-refractivity contribution is 6.18. The van der Waals surface area contributed by atoms with Gasteiger partial charge in [-0.2, -0.15) is 0 Å². The third-order valence-corrected chi connectivity index (χ3v) is 4.17. The van der Waals surface area contributed by atoms with Crippen molar-refractivity contribution in [1.29, 1.82) is 0 Å². The van der Waals surface area contributed by atoms with Gasteiger partial charge in [0, 0.05) is 35.7 Å². The van der Waals surface area contributed by atoms with Crippen molar-refractivity contribution in [2.24, 2.45) is 0 Å². The predicted octanol–water partition coefficient (Wildman–Crippen LogP) is 3.53. The van der Waals surface area contributed by atoms with Crippen molar-refractivity contribution in [1.82, 2.24) is 4.90 Å². The van der Waals surface area contributed by atoms with E-state index in [2.05, 4.69) is 0 Å². The molecule has 114 valence electrons. The van der Waals surface area contributed by atoms with Gasteiger partial charge >= 0.3 is 0 Å². The molecule has 0 radical (unpaired) electrons. The number of nitrogens with zero attached hydrogens (tertiary/aromatic N) is 2. The van der Waals surface area contributed by atoms with Crippen molar-refractivity contribution in [3.05, 3.63) is 39.4 Å². The lowest BCUT2D eigenvalue weighted by molar-refractivity contribution is -0.385. The maximum absolute atomic E-state index is 12.7. The van der Waals surface area contributed by atoms with Gasteiger partial charge in [-0.05, 0) is 25.8 Å². The Morgan fingerprint density at radius 2 is 2.10 bits per heavy atom. The highest BCUT2D eigenvalue weighted by Gasteiger charge is 2.28. The number of rotatable bonds is 5. The Labute approximate surface area is 129 Å². The van der Waals surface area contributed by atoms with Gasteiger partial charge in [-0.15, -0.1) is 11.6 Å². The minimum Gasteiger partial charge on any atom is -0.334 e. The molecule has 5 nitrogen and oxygen atoms in total. The molecular weight excluding hydrogens is 292 g/mol. The number of halogens is 1. The van der Waals surface area contributed by atoms with E-state index in [1.54, 1.807) is 24.0 Å². The Bertz CT molecular complexity index is 542. The molecule has 0 heterocycles. The van der Waals surface area contributed by atoms with Crippen LogP contribution in [0.3, 0.4) is 0 Å². The van der Waals surface area contributed by atoms with Crippen molar-refractivity contribution in [3.63, 3.8) is 0 Å². The van der Waals surface area contributed by atoms with E-state index >= 15 is 0 Å². The van der Waals surface area contributed by atoms with Crippen molar-refractivity contribution in [2.45, 2.75) is 38.6 Å². The van der Waals surface area contributed by atoms with Gasteiger partial charge in [0.2, 0.25) is 0 Å². The average molecular weight is 311 g/mol. The van der Waals surface area contributed by atoms with Gasteiger partial charge in [-0.25, -0.2) is 0 Å². The molecule has 0 saturated heterocycles. The third kappa shape index (κ3) is 3.53. The Balaban J connectivity index is 2.27. The summed E-state index contributed by atoms with van der Waals surface area (Å²) in [5.74, 6) is 0.210. The number of benzene rings is 1. The molecule has 0 aromatic heterocycles. The summed E-state index contributed by atoms with van der Waals surface area (Å²) in [5, 5.41) is 11.0. The van der Waals surface area contributed by atoms with Crippen LogP contribution in [0, 0.1) is 17.0 Å². The fourth-order valence-corrected chi connectivity index (χ4v) is 3.04. The van der Waals surface area contributed by atoms with Crippen LogP contribution < -0.4 is 0 Å². The summed E-state index contributed by atoms with van der Waals surface area (Å²) in [7, 11) is 0. The van der Waals surface area contributed by atoms with Gasteiger partial charge in [-0.3, -0.25) is 14.9 Å². The van der Waals surface area contributed by atoms with Crippen LogP contribution in [0.1, 0.15) is 41.6 Å². The van der Waals surface area contributed by atoms with Crippen LogP contribution in [0.15, 0.2) is 18.2 Å². The first-order valence-corrected chi connectivity index (χ1v) is 7.70. The molecule has 21 heavy (non-hydrogen) atoms. The molecule has 0 spiro atoms. The van der Waals surface area contributed by atoms with E-state index in [1.807, 2.05) is 0 Å². The lowest BCUT2D eigenvalue weighted by Crippen LogP contribution is -2.40. The minimum absolute atomic E-state index is 0.0157. The third-order valence-electron chi connectivity index (χ3n) is 4.00. The van der Waals surface area contributed by atoms with Gasteiger partial charge in [0.25, 0.3) is 11.6 Å². The quantitative estimate of drug-likeness (QED) is 0.475. The van der Waals surface area contributed by atoms with Gasteiger partial charge in [0.15, 0.2) is 0 Å². The van der Waals surface area contributed by atoms with Crippen LogP contribution in [0.25, 0.3) is 0 Å². The number of amides is 1. The number of carbonyl (C=O) groups excluding carboxylic acids is 1. The number of alkyl halides is 1. The van der Waals surface area contributed by atoms with Crippen molar-refractivity contribution < 1.29 is 9.72 Å². The van der Waals surface area contributed by atoms with Crippen LogP contribution in [-0.4, -0.2) is 34.2 Å². The molecule has 1 aromatic rings. The first-order chi connectivity index (χ1) is 10.0. The summed E-state index contributed by atoms with van der Waals surface area (Å²) in [6.07, 6.45) is 4.20. The number of nitro groups is 1.